The van der Waals surface area contributed by atoms with Crippen LogP contribution in [0.4, 0.5) is 0 Å². The monoisotopic (exact) mass is 319 g/mol. The second-order valence-electron chi connectivity index (χ2n) is 4.78. The van der Waals surface area contributed by atoms with E-state index < -0.39 is 5.97 Å². The van der Waals surface area contributed by atoms with Crippen molar-refractivity contribution in [2.45, 2.75) is 0 Å². The third-order valence-corrected chi connectivity index (χ3v) is 3.88. The molecule has 0 fully saturated rings. The summed E-state index contributed by atoms with van der Waals surface area (Å²) in [5.41, 5.74) is 0.789. The van der Waals surface area contributed by atoms with Crippen molar-refractivity contribution in [3.63, 3.8) is 0 Å². The van der Waals surface area contributed by atoms with Crippen molar-refractivity contribution in [1.29, 1.82) is 0 Å². The number of nitrogens with zero attached hydrogens (tertiary/aromatic N) is 1. The second kappa shape index (κ2) is 6.62. The van der Waals surface area contributed by atoms with Gasteiger partial charge in [0.05, 0.1) is 14.2 Å². The molecule has 0 aromatic heterocycles. The summed E-state index contributed by atoms with van der Waals surface area (Å²) in [6, 6.07) is 9.27. The standard InChI is InChI=1S/C16H17NO4S/c1-17(9-15(18)19)16(22)12-6-7-14(21-3)13-8-10(20-2)4-5-11(12)13/h4-8H,9H2,1-3H3,(H,18,19). The van der Waals surface area contributed by atoms with E-state index in [9.17, 15) is 4.79 Å². The summed E-state index contributed by atoms with van der Waals surface area (Å²) in [6.07, 6.45) is 0. The van der Waals surface area contributed by atoms with E-state index in [4.69, 9.17) is 26.8 Å². The molecule has 0 atom stereocenters. The largest absolute Gasteiger partial charge is 0.497 e. The topological polar surface area (TPSA) is 59.0 Å². The third kappa shape index (κ3) is 3.12. The van der Waals surface area contributed by atoms with Crippen LogP contribution in [0.2, 0.25) is 0 Å². The zero-order valence-corrected chi connectivity index (χ0v) is 13.4. The summed E-state index contributed by atoms with van der Waals surface area (Å²) in [4.78, 5) is 12.9. The Balaban J connectivity index is 2.55. The first-order valence-corrected chi connectivity index (χ1v) is 7.00. The maximum atomic E-state index is 10.9. The van der Waals surface area contributed by atoms with E-state index in [1.807, 2.05) is 30.3 Å². The molecule has 116 valence electrons. The molecule has 0 saturated carbocycles. The molecule has 0 aliphatic heterocycles. The van der Waals surface area contributed by atoms with Crippen LogP contribution in [0.1, 0.15) is 5.56 Å². The summed E-state index contributed by atoms with van der Waals surface area (Å²) in [5.74, 6) is 0.499. The Labute approximate surface area is 134 Å². The normalized spacial score (nSPS) is 10.3. The maximum absolute atomic E-state index is 10.9. The first-order chi connectivity index (χ1) is 10.5. The second-order valence-corrected chi connectivity index (χ2v) is 5.17. The van der Waals surface area contributed by atoms with Gasteiger partial charge >= 0.3 is 5.97 Å². The number of fused-ring (bicyclic) bond motifs is 1. The molecule has 0 saturated heterocycles. The first-order valence-electron chi connectivity index (χ1n) is 6.60. The number of hydrogen-bond donors (Lipinski definition) is 1. The number of thiocarbonyl (C=S) groups is 1. The fourth-order valence-electron chi connectivity index (χ4n) is 2.27. The number of aliphatic carboxylic acids is 1. The number of carboxylic acid groups (broad SMARTS) is 1. The molecule has 2 aromatic carbocycles. The molecule has 0 spiro atoms. The van der Waals surface area contributed by atoms with Crippen molar-refractivity contribution in [1.82, 2.24) is 4.90 Å². The van der Waals surface area contributed by atoms with E-state index in [0.29, 0.717) is 16.5 Å². The van der Waals surface area contributed by atoms with Crippen molar-refractivity contribution in [2.24, 2.45) is 0 Å². The molecule has 2 aromatic rings. The maximum Gasteiger partial charge on any atom is 0.323 e. The number of likely N-dealkylation sites (N-methyl/N-ethyl adjacent to an activating group) is 1. The van der Waals surface area contributed by atoms with E-state index in [2.05, 4.69) is 0 Å². The van der Waals surface area contributed by atoms with Crippen molar-refractivity contribution >= 4 is 33.9 Å². The van der Waals surface area contributed by atoms with Crippen LogP contribution in [0.25, 0.3) is 10.8 Å². The highest BCUT2D eigenvalue weighted by Gasteiger charge is 2.15. The summed E-state index contributed by atoms with van der Waals surface area (Å²) in [6.45, 7) is -0.150. The number of hydrogen-bond acceptors (Lipinski definition) is 4. The van der Waals surface area contributed by atoms with Gasteiger partial charge in [0.2, 0.25) is 0 Å². The van der Waals surface area contributed by atoms with Crippen molar-refractivity contribution in [3.8, 4) is 11.5 Å². The molecule has 0 aliphatic rings. The van der Waals surface area contributed by atoms with Crippen molar-refractivity contribution < 1.29 is 19.4 Å². The van der Waals surface area contributed by atoms with Gasteiger partial charge in [0.15, 0.2) is 0 Å². The Kier molecular flexibility index (Phi) is 4.82. The summed E-state index contributed by atoms with van der Waals surface area (Å²) < 4.78 is 10.6. The Morgan fingerprint density at radius 2 is 1.91 bits per heavy atom. The molecular weight excluding hydrogens is 302 g/mol. The minimum atomic E-state index is -0.927. The third-order valence-electron chi connectivity index (χ3n) is 3.35. The summed E-state index contributed by atoms with van der Waals surface area (Å²) in [5, 5.41) is 10.7. The molecule has 0 heterocycles. The average molecular weight is 319 g/mol. The lowest BCUT2D eigenvalue weighted by atomic mass is 10.0. The van der Waals surface area contributed by atoms with Crippen LogP contribution < -0.4 is 9.47 Å². The number of benzene rings is 2. The lowest BCUT2D eigenvalue weighted by molar-refractivity contribution is -0.137. The van der Waals surface area contributed by atoms with Crippen molar-refractivity contribution in [2.75, 3.05) is 27.8 Å². The van der Waals surface area contributed by atoms with Gasteiger partial charge in [0.25, 0.3) is 0 Å². The molecule has 0 amide bonds. The molecule has 1 N–H and O–H groups in total. The van der Waals surface area contributed by atoms with E-state index in [1.165, 1.54) is 4.90 Å². The zero-order chi connectivity index (χ0) is 16.3. The van der Waals surface area contributed by atoms with Gasteiger partial charge < -0.3 is 19.5 Å². The van der Waals surface area contributed by atoms with Crippen LogP contribution in [-0.4, -0.2) is 48.8 Å². The van der Waals surface area contributed by atoms with Gasteiger partial charge in [-0.1, -0.05) is 12.2 Å². The number of carboxylic acids is 1. The lowest BCUT2D eigenvalue weighted by Gasteiger charge is -2.20. The van der Waals surface area contributed by atoms with Gasteiger partial charge in [0, 0.05) is 18.0 Å². The van der Waals surface area contributed by atoms with E-state index in [1.54, 1.807) is 21.3 Å². The number of carbonyl (C=O) groups is 1. The Bertz CT molecular complexity index is 729. The van der Waals surface area contributed by atoms with Crippen LogP contribution >= 0.6 is 12.2 Å². The average Bonchev–Trinajstić information content (AvgIpc) is 2.51. The number of ether oxygens (including phenoxy) is 2. The quantitative estimate of drug-likeness (QED) is 0.855. The van der Waals surface area contributed by atoms with Gasteiger partial charge in [-0.3, -0.25) is 4.79 Å². The molecule has 0 bridgehead atoms. The fourth-order valence-corrected chi connectivity index (χ4v) is 2.51. The molecule has 2 rings (SSSR count). The number of rotatable bonds is 5. The minimum Gasteiger partial charge on any atom is -0.497 e. The van der Waals surface area contributed by atoms with Crippen LogP contribution in [0.3, 0.4) is 0 Å². The highest BCUT2D eigenvalue weighted by Crippen LogP contribution is 2.32. The summed E-state index contributed by atoms with van der Waals surface area (Å²) in [7, 11) is 4.86. The molecule has 22 heavy (non-hydrogen) atoms. The Morgan fingerprint density at radius 3 is 2.50 bits per heavy atom. The van der Waals surface area contributed by atoms with E-state index >= 15 is 0 Å². The Hall–Kier alpha value is -2.34. The fraction of sp³-hybridized carbons (Fsp3) is 0.250. The molecular formula is C16H17NO4S. The predicted molar refractivity (Wildman–Crippen MR) is 89.0 cm³/mol. The predicted octanol–water partition coefficient (Wildman–Crippen LogP) is 2.55. The van der Waals surface area contributed by atoms with Crippen molar-refractivity contribution in [3.05, 3.63) is 35.9 Å². The molecule has 0 aliphatic carbocycles. The zero-order valence-electron chi connectivity index (χ0n) is 12.6. The first kappa shape index (κ1) is 16.0. The van der Waals surface area contributed by atoms with E-state index in [0.717, 1.165) is 16.3 Å². The SMILES string of the molecule is COc1ccc2c(C(=S)N(C)CC(=O)O)ccc(OC)c2c1. The molecule has 0 unspecified atom stereocenters. The van der Waals surface area contributed by atoms with E-state index in [-0.39, 0.29) is 6.54 Å². The van der Waals surface area contributed by atoms with Crippen LogP contribution in [0, 0.1) is 0 Å². The lowest BCUT2D eigenvalue weighted by Crippen LogP contribution is -2.31. The van der Waals surface area contributed by atoms with Crippen LogP contribution in [-0.2, 0) is 4.79 Å². The molecule has 6 heteroatoms. The van der Waals surface area contributed by atoms with Crippen LogP contribution in [0.5, 0.6) is 11.5 Å². The van der Waals surface area contributed by atoms with Crippen LogP contribution in [0.15, 0.2) is 30.3 Å². The van der Waals surface area contributed by atoms with Gasteiger partial charge in [-0.05, 0) is 35.7 Å². The van der Waals surface area contributed by atoms with Gasteiger partial charge in [-0.2, -0.15) is 0 Å². The Morgan fingerprint density at radius 1 is 1.18 bits per heavy atom. The van der Waals surface area contributed by atoms with Gasteiger partial charge in [-0.15, -0.1) is 0 Å². The van der Waals surface area contributed by atoms with Gasteiger partial charge in [-0.25, -0.2) is 0 Å². The van der Waals surface area contributed by atoms with Gasteiger partial charge in [0.1, 0.15) is 23.0 Å². The number of methoxy groups -OCH3 is 2. The summed E-state index contributed by atoms with van der Waals surface area (Å²) >= 11 is 5.42. The molecule has 0 radical (unpaired) electrons. The smallest absolute Gasteiger partial charge is 0.323 e. The highest BCUT2D eigenvalue weighted by atomic mass is 32.1. The minimum absolute atomic E-state index is 0.150. The highest BCUT2D eigenvalue weighted by molar-refractivity contribution is 7.80. The molecule has 5 nitrogen and oxygen atoms in total.